The first kappa shape index (κ1) is 24.1. The van der Waals surface area contributed by atoms with Gasteiger partial charge in [0.05, 0.1) is 5.52 Å². The Kier molecular flexibility index (Phi) is 5.33. The molecule has 0 atom stereocenters. The largest absolute Gasteiger partial charge is 0.243 e. The van der Waals surface area contributed by atoms with Gasteiger partial charge in [-0.05, 0) is 11.5 Å². The molecule has 9 rings (SSSR count). The summed E-state index contributed by atoms with van der Waals surface area (Å²) >= 11 is 1.85. The van der Waals surface area contributed by atoms with Crippen LogP contribution in [0.15, 0.2) is 133 Å². The van der Waals surface area contributed by atoms with Gasteiger partial charge in [-0.2, -0.15) is 0 Å². The van der Waals surface area contributed by atoms with Crippen LogP contribution in [-0.4, -0.2) is 19.9 Å². The third kappa shape index (κ3) is 3.75. The van der Waals surface area contributed by atoms with Crippen LogP contribution in [0.4, 0.5) is 0 Å². The second-order valence-corrected chi connectivity index (χ2v) is 11.7. The maximum atomic E-state index is 5.46. The summed E-state index contributed by atoms with van der Waals surface area (Å²) in [7, 11) is 0. The van der Waals surface area contributed by atoms with E-state index in [1.807, 2.05) is 72.0 Å². The highest BCUT2D eigenvalue weighted by Crippen LogP contribution is 2.46. The molecule has 3 heterocycles. The van der Waals surface area contributed by atoms with E-state index >= 15 is 0 Å². The summed E-state index contributed by atoms with van der Waals surface area (Å²) in [5.74, 6) is 1.81. The number of thiophene rings is 1. The fraction of sp³-hybridized carbons (Fsp3) is 0. The molecule has 0 radical (unpaired) electrons. The Bertz CT molecular complexity index is 2450. The van der Waals surface area contributed by atoms with Crippen molar-refractivity contribution in [3.63, 3.8) is 0 Å². The van der Waals surface area contributed by atoms with E-state index in [1.165, 1.54) is 30.9 Å². The van der Waals surface area contributed by atoms with Crippen molar-refractivity contribution >= 4 is 64.0 Å². The van der Waals surface area contributed by atoms with Gasteiger partial charge in [-0.1, -0.05) is 127 Å². The van der Waals surface area contributed by atoms with Gasteiger partial charge in [0.1, 0.15) is 5.69 Å². The van der Waals surface area contributed by atoms with Gasteiger partial charge < -0.3 is 0 Å². The standard InChI is InChI=1S/C38H22N4S/c1-3-13-23(14-4-1)36-40-37(24-15-5-2-6-16-24)42-38(41-36)34-26-18-8-7-17-25(26)31-32-29-21-11-12-22-30(29)43-35(32)28-20-10-9-19-27(28)33(31)39-34/h1-22H. The molecule has 0 N–H and O–H groups in total. The van der Waals surface area contributed by atoms with E-state index in [4.69, 9.17) is 19.9 Å². The van der Waals surface area contributed by atoms with Crippen molar-refractivity contribution < 1.29 is 0 Å². The summed E-state index contributed by atoms with van der Waals surface area (Å²) in [4.78, 5) is 20.5. The lowest BCUT2D eigenvalue weighted by Gasteiger charge is -2.14. The average molecular weight is 567 g/mol. The highest BCUT2D eigenvalue weighted by atomic mass is 32.1. The van der Waals surface area contributed by atoms with Crippen LogP contribution in [0.2, 0.25) is 0 Å². The monoisotopic (exact) mass is 566 g/mol. The predicted molar refractivity (Wildman–Crippen MR) is 179 cm³/mol. The molecule has 43 heavy (non-hydrogen) atoms. The van der Waals surface area contributed by atoms with Gasteiger partial charge in [-0.25, -0.2) is 19.9 Å². The van der Waals surface area contributed by atoms with Crippen LogP contribution in [0.1, 0.15) is 0 Å². The van der Waals surface area contributed by atoms with Gasteiger partial charge in [-0.3, -0.25) is 0 Å². The molecular weight excluding hydrogens is 545 g/mol. The molecule has 0 saturated carbocycles. The normalized spacial score (nSPS) is 11.7. The number of hydrogen-bond acceptors (Lipinski definition) is 5. The van der Waals surface area contributed by atoms with Crippen LogP contribution >= 0.6 is 11.3 Å². The molecule has 5 heteroatoms. The number of hydrogen-bond donors (Lipinski definition) is 0. The summed E-state index contributed by atoms with van der Waals surface area (Å²) in [5, 5.41) is 8.20. The molecule has 0 unspecified atom stereocenters. The topological polar surface area (TPSA) is 51.6 Å². The quantitative estimate of drug-likeness (QED) is 0.200. The van der Waals surface area contributed by atoms with E-state index in [0.29, 0.717) is 17.5 Å². The van der Waals surface area contributed by atoms with Gasteiger partial charge in [0.2, 0.25) is 0 Å². The summed E-state index contributed by atoms with van der Waals surface area (Å²) in [6.07, 6.45) is 0. The number of fused-ring (bicyclic) bond motifs is 10. The molecule has 3 aromatic heterocycles. The molecule has 0 aliphatic carbocycles. The first-order valence-electron chi connectivity index (χ1n) is 14.3. The van der Waals surface area contributed by atoms with Gasteiger partial charge in [0.25, 0.3) is 0 Å². The van der Waals surface area contributed by atoms with Crippen LogP contribution in [0.5, 0.6) is 0 Å². The molecule has 0 amide bonds. The van der Waals surface area contributed by atoms with Gasteiger partial charge >= 0.3 is 0 Å². The molecule has 0 spiro atoms. The zero-order chi connectivity index (χ0) is 28.3. The van der Waals surface area contributed by atoms with Crippen molar-refractivity contribution in [3.8, 4) is 34.3 Å². The van der Waals surface area contributed by atoms with Crippen molar-refractivity contribution in [2.75, 3.05) is 0 Å². The molecule has 6 aromatic carbocycles. The maximum absolute atomic E-state index is 5.46. The Morgan fingerprint density at radius 2 is 0.884 bits per heavy atom. The van der Waals surface area contributed by atoms with Gasteiger partial charge in [0, 0.05) is 52.8 Å². The first-order valence-corrected chi connectivity index (χ1v) is 15.1. The lowest BCUT2D eigenvalue weighted by atomic mass is 9.95. The number of nitrogens with zero attached hydrogens (tertiary/aromatic N) is 4. The Morgan fingerprint density at radius 3 is 1.56 bits per heavy atom. The zero-order valence-corrected chi connectivity index (χ0v) is 23.7. The SMILES string of the molecule is c1ccc(-c2nc(-c3ccccc3)nc(-c3nc4c5ccccc5c5sc6ccccc6c5c4c4ccccc34)n2)cc1. The molecule has 0 saturated heterocycles. The van der Waals surface area contributed by atoms with Crippen molar-refractivity contribution in [1.82, 2.24) is 19.9 Å². The van der Waals surface area contributed by atoms with Gasteiger partial charge in [0.15, 0.2) is 17.5 Å². The number of pyridine rings is 1. The molecule has 200 valence electrons. The Balaban J connectivity index is 1.45. The number of rotatable bonds is 3. The highest BCUT2D eigenvalue weighted by molar-refractivity contribution is 7.27. The zero-order valence-electron chi connectivity index (χ0n) is 22.9. The van der Waals surface area contributed by atoms with E-state index in [9.17, 15) is 0 Å². The minimum atomic E-state index is 0.560. The van der Waals surface area contributed by atoms with Crippen LogP contribution in [0.25, 0.3) is 86.9 Å². The van der Waals surface area contributed by atoms with Crippen molar-refractivity contribution in [2.45, 2.75) is 0 Å². The summed E-state index contributed by atoms with van der Waals surface area (Å²) in [5.41, 5.74) is 3.59. The van der Waals surface area contributed by atoms with Crippen LogP contribution in [0, 0.1) is 0 Å². The van der Waals surface area contributed by atoms with Crippen molar-refractivity contribution in [2.24, 2.45) is 0 Å². The van der Waals surface area contributed by atoms with Crippen LogP contribution in [-0.2, 0) is 0 Å². The third-order valence-electron chi connectivity index (χ3n) is 8.10. The molecule has 0 bridgehead atoms. The Hall–Kier alpha value is -5.52. The summed E-state index contributed by atoms with van der Waals surface area (Å²) in [6.45, 7) is 0. The second kappa shape index (κ2) is 9.51. The van der Waals surface area contributed by atoms with E-state index < -0.39 is 0 Å². The smallest absolute Gasteiger partial charge is 0.183 e. The van der Waals surface area contributed by atoms with Crippen LogP contribution < -0.4 is 0 Å². The molecule has 0 aliphatic heterocycles. The van der Waals surface area contributed by atoms with E-state index in [0.717, 1.165) is 38.5 Å². The van der Waals surface area contributed by atoms with E-state index in [1.54, 1.807) is 0 Å². The third-order valence-corrected chi connectivity index (χ3v) is 9.30. The Morgan fingerprint density at radius 1 is 0.372 bits per heavy atom. The molecule has 4 nitrogen and oxygen atoms in total. The van der Waals surface area contributed by atoms with Gasteiger partial charge in [-0.15, -0.1) is 11.3 Å². The second-order valence-electron chi connectivity index (χ2n) is 10.6. The maximum Gasteiger partial charge on any atom is 0.183 e. The number of aromatic nitrogens is 4. The molecule has 0 aliphatic rings. The molecule has 0 fully saturated rings. The summed E-state index contributed by atoms with van der Waals surface area (Å²) < 4.78 is 2.57. The fourth-order valence-corrected chi connectivity index (χ4v) is 7.42. The summed E-state index contributed by atoms with van der Waals surface area (Å²) in [6, 6.07) is 46.0. The fourth-order valence-electron chi connectivity index (χ4n) is 6.17. The van der Waals surface area contributed by atoms with Crippen molar-refractivity contribution in [1.29, 1.82) is 0 Å². The average Bonchev–Trinajstić information content (AvgIpc) is 3.48. The van der Waals surface area contributed by atoms with Crippen LogP contribution in [0.3, 0.4) is 0 Å². The lowest BCUT2D eigenvalue weighted by molar-refractivity contribution is 1.07. The predicted octanol–water partition coefficient (Wildman–Crippen LogP) is 10.1. The molecular formula is C38H22N4S. The van der Waals surface area contributed by atoms with Crippen molar-refractivity contribution in [3.05, 3.63) is 133 Å². The molecule has 9 aromatic rings. The number of benzene rings is 6. The first-order chi connectivity index (χ1) is 21.3. The minimum Gasteiger partial charge on any atom is -0.243 e. The highest BCUT2D eigenvalue weighted by Gasteiger charge is 2.21. The Labute approximate surface area is 251 Å². The minimum absolute atomic E-state index is 0.560. The van der Waals surface area contributed by atoms with E-state index in [2.05, 4.69) is 72.8 Å². The lowest BCUT2D eigenvalue weighted by Crippen LogP contribution is -2.02. The van der Waals surface area contributed by atoms with E-state index in [-0.39, 0.29) is 0 Å².